The fourth-order valence-corrected chi connectivity index (χ4v) is 4.35. The van der Waals surface area contributed by atoms with Crippen molar-refractivity contribution in [1.29, 1.82) is 0 Å². The van der Waals surface area contributed by atoms with E-state index < -0.39 is 0 Å². The predicted octanol–water partition coefficient (Wildman–Crippen LogP) is 2.59. The maximum absolute atomic E-state index is 5.46. The third-order valence-corrected chi connectivity index (χ3v) is 6.34. The molecule has 4 heteroatoms. The van der Waals surface area contributed by atoms with Crippen LogP contribution in [0, 0.1) is 5.41 Å². The second kappa shape index (κ2) is 7.39. The van der Waals surface area contributed by atoms with Gasteiger partial charge in [0.15, 0.2) is 0 Å². The Kier molecular flexibility index (Phi) is 6.12. The first-order valence-corrected chi connectivity index (χ1v) is 8.95. The minimum Gasteiger partial charge on any atom is -0.379 e. The zero-order valence-electron chi connectivity index (χ0n) is 12.5. The quantitative estimate of drug-likeness (QED) is 0.695. The molecule has 2 saturated heterocycles. The van der Waals surface area contributed by atoms with E-state index in [4.69, 9.17) is 4.74 Å². The van der Waals surface area contributed by atoms with Gasteiger partial charge >= 0.3 is 0 Å². The summed E-state index contributed by atoms with van der Waals surface area (Å²) in [5.41, 5.74) is 0.472. The van der Waals surface area contributed by atoms with Crippen LogP contribution >= 0.6 is 15.9 Å². The van der Waals surface area contributed by atoms with E-state index in [1.54, 1.807) is 0 Å². The van der Waals surface area contributed by atoms with Gasteiger partial charge in [-0.3, -0.25) is 4.90 Å². The molecule has 1 atom stereocenters. The third kappa shape index (κ3) is 3.93. The van der Waals surface area contributed by atoms with Crippen LogP contribution in [0.4, 0.5) is 0 Å². The van der Waals surface area contributed by atoms with Gasteiger partial charge in [0, 0.05) is 37.6 Å². The molecule has 2 fully saturated rings. The summed E-state index contributed by atoms with van der Waals surface area (Å²) in [4.78, 5) is 5.32. The van der Waals surface area contributed by atoms with Crippen molar-refractivity contribution in [1.82, 2.24) is 9.80 Å². The third-order valence-electron chi connectivity index (χ3n) is 5.15. The highest BCUT2D eigenvalue weighted by molar-refractivity contribution is 9.09. The van der Waals surface area contributed by atoms with E-state index in [2.05, 4.69) is 39.6 Å². The number of hydrogen-bond donors (Lipinski definition) is 0. The molecule has 2 aliphatic rings. The zero-order valence-corrected chi connectivity index (χ0v) is 14.1. The lowest BCUT2D eigenvalue weighted by atomic mass is 9.84. The molecule has 19 heavy (non-hydrogen) atoms. The van der Waals surface area contributed by atoms with Crippen molar-refractivity contribution < 1.29 is 4.74 Å². The number of likely N-dealkylation sites (tertiary alicyclic amines) is 1. The number of rotatable bonds is 6. The van der Waals surface area contributed by atoms with E-state index in [9.17, 15) is 0 Å². The maximum atomic E-state index is 5.46. The Balaban J connectivity index is 1.83. The van der Waals surface area contributed by atoms with Gasteiger partial charge in [-0.05, 0) is 31.2 Å². The molecular weight excluding hydrogens is 304 g/mol. The summed E-state index contributed by atoms with van der Waals surface area (Å²) < 4.78 is 5.46. The number of morpholine rings is 1. The van der Waals surface area contributed by atoms with Gasteiger partial charge in [-0.1, -0.05) is 29.8 Å². The highest BCUT2D eigenvalue weighted by atomic mass is 79.9. The molecular formula is C15H29BrN2O. The van der Waals surface area contributed by atoms with E-state index in [0.29, 0.717) is 5.41 Å². The average molecular weight is 333 g/mol. The van der Waals surface area contributed by atoms with E-state index >= 15 is 0 Å². The predicted molar refractivity (Wildman–Crippen MR) is 84.0 cm³/mol. The Morgan fingerprint density at radius 2 is 1.84 bits per heavy atom. The summed E-state index contributed by atoms with van der Waals surface area (Å²) in [6.07, 6.45) is 3.88. The molecule has 2 heterocycles. The van der Waals surface area contributed by atoms with Gasteiger partial charge in [0.2, 0.25) is 0 Å². The molecule has 0 bridgehead atoms. The minimum atomic E-state index is 0.472. The Bertz CT molecular complexity index is 257. The van der Waals surface area contributed by atoms with Crippen LogP contribution in [0.3, 0.4) is 0 Å². The average Bonchev–Trinajstić information content (AvgIpc) is 2.94. The lowest BCUT2D eigenvalue weighted by Crippen LogP contribution is -2.45. The van der Waals surface area contributed by atoms with Crippen molar-refractivity contribution in [3.8, 4) is 0 Å². The van der Waals surface area contributed by atoms with Crippen LogP contribution in [0.15, 0.2) is 0 Å². The molecule has 0 spiro atoms. The molecule has 3 nitrogen and oxygen atoms in total. The number of ether oxygens (including phenoxy) is 1. The molecule has 0 amide bonds. The molecule has 2 aliphatic heterocycles. The summed E-state index contributed by atoms with van der Waals surface area (Å²) in [6, 6.07) is 0.769. The molecule has 0 aliphatic carbocycles. The van der Waals surface area contributed by atoms with Crippen LogP contribution in [0.5, 0.6) is 0 Å². The monoisotopic (exact) mass is 332 g/mol. The Hall–Kier alpha value is 0.360. The van der Waals surface area contributed by atoms with E-state index in [1.165, 1.54) is 38.9 Å². The first-order chi connectivity index (χ1) is 9.23. The summed E-state index contributed by atoms with van der Waals surface area (Å²) in [5.74, 6) is 0. The van der Waals surface area contributed by atoms with Crippen molar-refractivity contribution in [2.45, 2.75) is 39.2 Å². The number of alkyl halides is 1. The minimum absolute atomic E-state index is 0.472. The summed E-state index contributed by atoms with van der Waals surface area (Å²) in [6.45, 7) is 12.6. The van der Waals surface area contributed by atoms with E-state index in [1.807, 2.05) is 0 Å². The highest BCUT2D eigenvalue weighted by Crippen LogP contribution is 2.31. The first kappa shape index (κ1) is 15.7. The van der Waals surface area contributed by atoms with Gasteiger partial charge in [0.05, 0.1) is 13.2 Å². The SMILES string of the molecule is CCC(CC)(CBr)CN1CCC(N2CCOCC2)C1. The van der Waals surface area contributed by atoms with Gasteiger partial charge in [0.1, 0.15) is 0 Å². The largest absolute Gasteiger partial charge is 0.379 e. The second-order valence-electron chi connectivity index (χ2n) is 6.17. The van der Waals surface area contributed by atoms with Crippen molar-refractivity contribution >= 4 is 15.9 Å². The molecule has 112 valence electrons. The van der Waals surface area contributed by atoms with Gasteiger partial charge < -0.3 is 9.64 Å². The van der Waals surface area contributed by atoms with Crippen LogP contribution in [-0.4, -0.2) is 67.1 Å². The smallest absolute Gasteiger partial charge is 0.0594 e. The van der Waals surface area contributed by atoms with Crippen LogP contribution in [0.2, 0.25) is 0 Å². The van der Waals surface area contributed by atoms with Gasteiger partial charge in [-0.15, -0.1) is 0 Å². The van der Waals surface area contributed by atoms with Crippen LogP contribution in [0.1, 0.15) is 33.1 Å². The van der Waals surface area contributed by atoms with Crippen molar-refractivity contribution in [2.24, 2.45) is 5.41 Å². The molecule has 2 rings (SSSR count). The molecule has 0 radical (unpaired) electrons. The van der Waals surface area contributed by atoms with Crippen LogP contribution in [0.25, 0.3) is 0 Å². The zero-order chi connectivity index (χ0) is 13.7. The fourth-order valence-electron chi connectivity index (χ4n) is 3.38. The number of halogens is 1. The number of nitrogens with zero attached hydrogens (tertiary/aromatic N) is 2. The summed E-state index contributed by atoms with van der Waals surface area (Å²) in [5, 5.41) is 1.13. The van der Waals surface area contributed by atoms with Crippen molar-refractivity contribution in [2.75, 3.05) is 51.3 Å². The lowest BCUT2D eigenvalue weighted by molar-refractivity contribution is 0.0176. The summed E-state index contributed by atoms with van der Waals surface area (Å²) in [7, 11) is 0. The number of hydrogen-bond acceptors (Lipinski definition) is 3. The molecule has 0 N–H and O–H groups in total. The van der Waals surface area contributed by atoms with Gasteiger partial charge in [-0.25, -0.2) is 0 Å². The summed E-state index contributed by atoms with van der Waals surface area (Å²) >= 11 is 3.74. The fraction of sp³-hybridized carbons (Fsp3) is 1.00. The van der Waals surface area contributed by atoms with E-state index in [0.717, 1.165) is 37.7 Å². The normalized spacial score (nSPS) is 27.0. The molecule has 0 aromatic carbocycles. The Morgan fingerprint density at radius 1 is 1.16 bits per heavy atom. The molecule has 1 unspecified atom stereocenters. The Morgan fingerprint density at radius 3 is 2.42 bits per heavy atom. The standard InChI is InChI=1S/C15H29BrN2O/c1-3-15(4-2,12-16)13-17-6-5-14(11-17)18-7-9-19-10-8-18/h14H,3-13H2,1-2H3. The van der Waals surface area contributed by atoms with Gasteiger partial charge in [0.25, 0.3) is 0 Å². The Labute approximate surface area is 126 Å². The topological polar surface area (TPSA) is 15.7 Å². The van der Waals surface area contributed by atoms with Gasteiger partial charge in [-0.2, -0.15) is 0 Å². The van der Waals surface area contributed by atoms with Crippen molar-refractivity contribution in [3.05, 3.63) is 0 Å². The molecule has 0 saturated carbocycles. The van der Waals surface area contributed by atoms with Crippen LogP contribution < -0.4 is 0 Å². The lowest BCUT2D eigenvalue weighted by Gasteiger charge is -2.35. The van der Waals surface area contributed by atoms with Crippen LogP contribution in [-0.2, 0) is 4.74 Å². The molecule has 0 aromatic rings. The molecule has 0 aromatic heterocycles. The van der Waals surface area contributed by atoms with E-state index in [-0.39, 0.29) is 0 Å². The highest BCUT2D eigenvalue weighted by Gasteiger charge is 2.33. The maximum Gasteiger partial charge on any atom is 0.0594 e. The first-order valence-electron chi connectivity index (χ1n) is 7.83. The van der Waals surface area contributed by atoms with Crippen molar-refractivity contribution in [3.63, 3.8) is 0 Å². The second-order valence-corrected chi connectivity index (χ2v) is 6.73.